The smallest absolute Gasteiger partial charge is 0.163 e. The predicted molar refractivity (Wildman–Crippen MR) is 80.3 cm³/mol. The van der Waals surface area contributed by atoms with Gasteiger partial charge in [0.15, 0.2) is 5.79 Å². The Morgan fingerprint density at radius 1 is 1.55 bits per heavy atom. The molecule has 0 amide bonds. The molecule has 20 heavy (non-hydrogen) atoms. The van der Waals surface area contributed by atoms with Crippen LogP contribution in [0.4, 0.5) is 4.39 Å². The molecule has 5 heteroatoms. The first-order chi connectivity index (χ1) is 8.91. The fourth-order valence-corrected chi connectivity index (χ4v) is 2.31. The van der Waals surface area contributed by atoms with Crippen molar-refractivity contribution in [3.63, 3.8) is 0 Å². The molecule has 1 saturated heterocycles. The van der Waals surface area contributed by atoms with Crippen molar-refractivity contribution in [2.24, 2.45) is 0 Å². The van der Waals surface area contributed by atoms with Gasteiger partial charge in [0.05, 0.1) is 11.1 Å². The lowest BCUT2D eigenvalue weighted by Gasteiger charge is -2.23. The number of rotatable bonds is 4. The van der Waals surface area contributed by atoms with Gasteiger partial charge in [-0.2, -0.15) is 0 Å². The highest BCUT2D eigenvalue weighted by Crippen LogP contribution is 2.30. The van der Waals surface area contributed by atoms with Crippen LogP contribution in [0, 0.1) is 5.82 Å². The molecule has 0 radical (unpaired) electrons. The van der Waals surface area contributed by atoms with Crippen molar-refractivity contribution >= 4 is 15.9 Å². The minimum Gasteiger partial charge on any atom is -0.482 e. The summed E-state index contributed by atoms with van der Waals surface area (Å²) < 4.78 is 30.6. The second kappa shape index (κ2) is 6.70. The molecule has 1 aliphatic heterocycles. The second-order valence-electron chi connectivity index (χ2n) is 4.76. The van der Waals surface area contributed by atoms with Crippen LogP contribution in [0.2, 0.25) is 0 Å². The SMILES string of the molecule is C.C=CC(Oc1ccc(F)cc1Br)[C@@H]1COC(C)(C)O1. The Labute approximate surface area is 127 Å². The van der Waals surface area contributed by atoms with Gasteiger partial charge in [0.2, 0.25) is 0 Å². The van der Waals surface area contributed by atoms with E-state index in [4.69, 9.17) is 14.2 Å². The van der Waals surface area contributed by atoms with Gasteiger partial charge in [-0.05, 0) is 54.1 Å². The predicted octanol–water partition coefficient (Wildman–Crippen LogP) is 4.31. The van der Waals surface area contributed by atoms with E-state index in [2.05, 4.69) is 22.5 Å². The standard InChI is InChI=1S/C14H16BrFO3.CH4/c1-4-11(13-8-17-14(2,3)19-13)18-12-6-5-9(16)7-10(12)15;/h4-7,11,13H,1,8H2,2-3H3;1H4/t11?,13-;/m0./s1. The van der Waals surface area contributed by atoms with E-state index in [9.17, 15) is 4.39 Å². The maximum atomic E-state index is 13.0. The number of hydrogen-bond acceptors (Lipinski definition) is 3. The lowest BCUT2D eigenvalue weighted by atomic mass is 10.2. The average Bonchev–Trinajstić information content (AvgIpc) is 2.69. The summed E-state index contributed by atoms with van der Waals surface area (Å²) in [5.74, 6) is -0.398. The maximum Gasteiger partial charge on any atom is 0.163 e. The Morgan fingerprint density at radius 2 is 2.25 bits per heavy atom. The summed E-state index contributed by atoms with van der Waals surface area (Å²) in [6, 6.07) is 4.26. The zero-order valence-electron chi connectivity index (χ0n) is 10.9. The Hall–Kier alpha value is -0.910. The molecule has 1 aromatic rings. The van der Waals surface area contributed by atoms with Gasteiger partial charge in [0, 0.05) is 0 Å². The van der Waals surface area contributed by atoms with E-state index in [-0.39, 0.29) is 25.5 Å². The quantitative estimate of drug-likeness (QED) is 0.760. The summed E-state index contributed by atoms with van der Waals surface area (Å²) in [6.07, 6.45) is 1.07. The first-order valence-corrected chi connectivity index (χ1v) is 6.76. The highest BCUT2D eigenvalue weighted by molar-refractivity contribution is 9.10. The topological polar surface area (TPSA) is 27.7 Å². The van der Waals surface area contributed by atoms with E-state index < -0.39 is 5.79 Å². The van der Waals surface area contributed by atoms with Crippen molar-refractivity contribution in [3.05, 3.63) is 41.1 Å². The molecule has 112 valence electrons. The molecule has 0 saturated carbocycles. The zero-order chi connectivity index (χ0) is 14.0. The maximum absolute atomic E-state index is 13.0. The van der Waals surface area contributed by atoms with E-state index >= 15 is 0 Å². The summed E-state index contributed by atoms with van der Waals surface area (Å²) in [7, 11) is 0. The van der Waals surface area contributed by atoms with Gasteiger partial charge >= 0.3 is 0 Å². The van der Waals surface area contributed by atoms with Crippen LogP contribution in [0.25, 0.3) is 0 Å². The Balaban J connectivity index is 0.00000200. The Morgan fingerprint density at radius 3 is 2.75 bits per heavy atom. The van der Waals surface area contributed by atoms with Gasteiger partial charge < -0.3 is 14.2 Å². The average molecular weight is 347 g/mol. The summed E-state index contributed by atoms with van der Waals surface area (Å²) >= 11 is 3.26. The molecule has 2 atom stereocenters. The number of halogens is 2. The first kappa shape index (κ1) is 17.1. The summed E-state index contributed by atoms with van der Waals surface area (Å²) in [5.41, 5.74) is 0. The molecule has 1 fully saturated rings. The van der Waals surface area contributed by atoms with Gasteiger partial charge in [-0.15, -0.1) is 0 Å². The third kappa shape index (κ3) is 4.04. The molecule has 0 N–H and O–H groups in total. The molecule has 1 aromatic carbocycles. The van der Waals surface area contributed by atoms with Crippen LogP contribution in [0.1, 0.15) is 21.3 Å². The van der Waals surface area contributed by atoms with E-state index in [0.717, 1.165) is 0 Å². The molecule has 1 unspecified atom stereocenters. The fourth-order valence-electron chi connectivity index (χ4n) is 1.87. The molecule has 0 aliphatic carbocycles. The third-order valence-corrected chi connectivity index (χ3v) is 3.41. The van der Waals surface area contributed by atoms with Crippen molar-refractivity contribution < 1.29 is 18.6 Å². The largest absolute Gasteiger partial charge is 0.482 e. The van der Waals surface area contributed by atoms with Gasteiger partial charge in [-0.25, -0.2) is 4.39 Å². The lowest BCUT2D eigenvalue weighted by molar-refractivity contribution is -0.145. The van der Waals surface area contributed by atoms with Crippen LogP contribution in [0.3, 0.4) is 0 Å². The minimum atomic E-state index is -0.616. The summed E-state index contributed by atoms with van der Waals surface area (Å²) in [4.78, 5) is 0. The molecule has 1 heterocycles. The van der Waals surface area contributed by atoms with E-state index in [1.165, 1.54) is 12.1 Å². The van der Waals surface area contributed by atoms with Crippen LogP contribution in [0.5, 0.6) is 5.75 Å². The van der Waals surface area contributed by atoms with Crippen molar-refractivity contribution in [1.82, 2.24) is 0 Å². The van der Waals surface area contributed by atoms with Gasteiger partial charge in [0.1, 0.15) is 23.8 Å². The molecule has 3 nitrogen and oxygen atoms in total. The molecule has 0 spiro atoms. The Bertz CT molecular complexity index is 476. The molecule has 2 rings (SSSR count). The lowest BCUT2D eigenvalue weighted by Crippen LogP contribution is -2.33. The van der Waals surface area contributed by atoms with E-state index in [1.807, 2.05) is 13.8 Å². The van der Waals surface area contributed by atoms with Crippen molar-refractivity contribution in [1.29, 1.82) is 0 Å². The van der Waals surface area contributed by atoms with Crippen molar-refractivity contribution in [2.45, 2.75) is 39.3 Å². The highest BCUT2D eigenvalue weighted by Gasteiger charge is 2.37. The highest BCUT2D eigenvalue weighted by atomic mass is 79.9. The number of benzene rings is 1. The van der Waals surface area contributed by atoms with Crippen molar-refractivity contribution in [3.8, 4) is 5.75 Å². The first-order valence-electron chi connectivity index (χ1n) is 5.97. The second-order valence-corrected chi connectivity index (χ2v) is 5.61. The number of hydrogen-bond donors (Lipinski definition) is 0. The van der Waals surface area contributed by atoms with E-state index in [0.29, 0.717) is 16.8 Å². The zero-order valence-corrected chi connectivity index (χ0v) is 12.4. The summed E-state index contributed by atoms with van der Waals surface area (Å²) in [5, 5.41) is 0. The van der Waals surface area contributed by atoms with Crippen LogP contribution in [-0.4, -0.2) is 24.6 Å². The van der Waals surface area contributed by atoms with Crippen LogP contribution >= 0.6 is 15.9 Å². The van der Waals surface area contributed by atoms with Crippen LogP contribution in [0.15, 0.2) is 35.3 Å². The van der Waals surface area contributed by atoms with Gasteiger partial charge in [-0.1, -0.05) is 14.0 Å². The van der Waals surface area contributed by atoms with Crippen molar-refractivity contribution in [2.75, 3.05) is 6.61 Å². The van der Waals surface area contributed by atoms with Gasteiger partial charge in [0.25, 0.3) is 0 Å². The molecule has 1 aliphatic rings. The molecule has 0 aromatic heterocycles. The normalized spacial score (nSPS) is 21.9. The number of ether oxygens (including phenoxy) is 3. The van der Waals surface area contributed by atoms with Crippen LogP contribution in [-0.2, 0) is 9.47 Å². The van der Waals surface area contributed by atoms with E-state index in [1.54, 1.807) is 12.1 Å². The van der Waals surface area contributed by atoms with Gasteiger partial charge in [-0.3, -0.25) is 0 Å². The minimum absolute atomic E-state index is 0. The molecular formula is C15H20BrFO3. The summed E-state index contributed by atoms with van der Waals surface area (Å²) in [6.45, 7) is 7.88. The third-order valence-electron chi connectivity index (χ3n) is 2.79. The fraction of sp³-hybridized carbons (Fsp3) is 0.467. The molecular weight excluding hydrogens is 327 g/mol. The van der Waals surface area contributed by atoms with Crippen LogP contribution < -0.4 is 4.74 Å². The Kier molecular flexibility index (Phi) is 5.74. The monoisotopic (exact) mass is 346 g/mol. The molecule has 0 bridgehead atoms.